The van der Waals surface area contributed by atoms with Crippen molar-refractivity contribution < 1.29 is 31.1 Å². The van der Waals surface area contributed by atoms with E-state index in [0.717, 1.165) is 68.9 Å². The maximum absolute atomic E-state index is 15.1. The van der Waals surface area contributed by atoms with E-state index < -0.39 is 40.7 Å². The quantitative estimate of drug-likeness (QED) is 0.0695. The van der Waals surface area contributed by atoms with E-state index in [-0.39, 0.29) is 22.6 Å². The Bertz CT molecular complexity index is 1700. The molecule has 0 amide bonds. The molecule has 0 atom stereocenters. The number of hydrogen-bond acceptors (Lipinski definition) is 3. The third kappa shape index (κ3) is 7.71. The molecule has 0 saturated heterocycles. The zero-order valence-corrected chi connectivity index (χ0v) is 26.1. The Morgan fingerprint density at radius 2 is 1.37 bits per heavy atom. The molecule has 4 aromatic rings. The Labute approximate surface area is 270 Å². The van der Waals surface area contributed by atoms with Crippen LogP contribution in [0.1, 0.15) is 75.3 Å². The van der Waals surface area contributed by atoms with Crippen molar-refractivity contribution >= 4 is 23.1 Å². The Morgan fingerprint density at radius 3 is 1.98 bits per heavy atom. The fourth-order valence-corrected chi connectivity index (χ4v) is 6.36. The number of benzene rings is 4. The number of isothiocyanates is 1. The predicted molar refractivity (Wildman–Crippen MR) is 172 cm³/mol. The molecule has 1 aliphatic carbocycles. The molecule has 0 aliphatic heterocycles. The number of alkyl halides is 2. The molecule has 1 fully saturated rings. The van der Waals surface area contributed by atoms with Gasteiger partial charge in [0.15, 0.2) is 0 Å². The van der Waals surface area contributed by atoms with E-state index in [1.165, 1.54) is 25.0 Å². The Hall–Kier alpha value is -3.94. The first-order chi connectivity index (χ1) is 22.1. The maximum Gasteiger partial charge on any atom is 0.432 e. The van der Waals surface area contributed by atoms with Gasteiger partial charge in [0.2, 0.25) is 0 Å². The van der Waals surface area contributed by atoms with Crippen LogP contribution in [0.25, 0.3) is 22.3 Å². The molecule has 46 heavy (non-hydrogen) atoms. The summed E-state index contributed by atoms with van der Waals surface area (Å²) in [4.78, 5) is 3.85. The van der Waals surface area contributed by atoms with Crippen LogP contribution in [0.4, 0.5) is 32.0 Å². The fraction of sp³-hybridized carbons (Fsp3) is 0.324. The summed E-state index contributed by atoms with van der Waals surface area (Å²) in [5.74, 6) is -4.62. The molecule has 0 bridgehead atoms. The van der Waals surface area contributed by atoms with E-state index >= 15 is 26.3 Å². The maximum atomic E-state index is 15.1. The second-order valence-corrected chi connectivity index (χ2v) is 12.0. The molecular weight excluding hydrogens is 620 g/mol. The molecule has 0 N–H and O–H groups in total. The van der Waals surface area contributed by atoms with Crippen molar-refractivity contribution in [3.63, 3.8) is 0 Å². The van der Waals surface area contributed by atoms with E-state index in [4.69, 9.17) is 0 Å². The summed E-state index contributed by atoms with van der Waals surface area (Å²) in [5, 5.41) is 2.25. The molecule has 2 nitrogen and oxygen atoms in total. The van der Waals surface area contributed by atoms with Crippen molar-refractivity contribution in [2.24, 2.45) is 10.9 Å². The average Bonchev–Trinajstić information content (AvgIpc) is 3.01. The summed E-state index contributed by atoms with van der Waals surface area (Å²) in [5.41, 5.74) is 0.262. The number of nitrogens with zero attached hydrogens (tertiary/aromatic N) is 1. The van der Waals surface area contributed by atoms with Gasteiger partial charge in [-0.05, 0) is 109 Å². The van der Waals surface area contributed by atoms with E-state index in [1.807, 2.05) is 0 Å². The van der Waals surface area contributed by atoms with Crippen LogP contribution in [0.2, 0.25) is 0 Å². The van der Waals surface area contributed by atoms with Gasteiger partial charge in [-0.3, -0.25) is 0 Å². The highest BCUT2D eigenvalue weighted by molar-refractivity contribution is 7.78. The molecule has 1 aliphatic rings. The van der Waals surface area contributed by atoms with Gasteiger partial charge < -0.3 is 4.74 Å². The van der Waals surface area contributed by atoms with Gasteiger partial charge in [0.25, 0.3) is 0 Å². The minimum atomic E-state index is -4.42. The number of aliphatic imine (C=N–C) groups is 1. The van der Waals surface area contributed by atoms with Gasteiger partial charge in [-0.1, -0.05) is 56.9 Å². The second-order valence-electron chi connectivity index (χ2n) is 11.8. The molecule has 1 saturated carbocycles. The number of rotatable bonds is 11. The van der Waals surface area contributed by atoms with Gasteiger partial charge >= 0.3 is 6.11 Å². The Morgan fingerprint density at radius 1 is 0.761 bits per heavy atom. The number of unbranched alkanes of at least 4 members (excludes halogenated alkanes) is 2. The van der Waals surface area contributed by atoms with Gasteiger partial charge in [0, 0.05) is 17.2 Å². The molecule has 4 aromatic carbocycles. The molecule has 0 radical (unpaired) electrons. The van der Waals surface area contributed by atoms with Gasteiger partial charge in [-0.25, -0.2) is 17.6 Å². The van der Waals surface area contributed by atoms with Crippen molar-refractivity contribution in [1.82, 2.24) is 0 Å². The minimum absolute atomic E-state index is 0.0754. The molecule has 0 spiro atoms. The van der Waals surface area contributed by atoms with Crippen LogP contribution in [0.5, 0.6) is 5.75 Å². The lowest BCUT2D eigenvalue weighted by molar-refractivity contribution is -0.189. The summed E-state index contributed by atoms with van der Waals surface area (Å²) in [6.45, 7) is 2.15. The molecule has 9 heteroatoms. The molecule has 5 rings (SSSR count). The van der Waals surface area contributed by atoms with Crippen LogP contribution in [0, 0.1) is 29.2 Å². The van der Waals surface area contributed by atoms with Crippen molar-refractivity contribution in [3.05, 3.63) is 107 Å². The first kappa shape index (κ1) is 33.4. The third-order valence-electron chi connectivity index (χ3n) is 8.71. The topological polar surface area (TPSA) is 21.6 Å². The monoisotopic (exact) mass is 653 g/mol. The first-order valence-corrected chi connectivity index (χ1v) is 15.8. The fourth-order valence-electron chi connectivity index (χ4n) is 6.25. The Balaban J connectivity index is 1.29. The summed E-state index contributed by atoms with van der Waals surface area (Å²) < 4.78 is 95.1. The molecular formula is C37H33F6NOS. The summed E-state index contributed by atoms with van der Waals surface area (Å²) in [6, 6.07) is 15.4. The lowest BCUT2D eigenvalue weighted by Gasteiger charge is -2.29. The lowest BCUT2D eigenvalue weighted by atomic mass is 9.77. The van der Waals surface area contributed by atoms with Crippen LogP contribution in [-0.2, 0) is 6.11 Å². The van der Waals surface area contributed by atoms with Gasteiger partial charge in [-0.2, -0.15) is 13.8 Å². The minimum Gasteiger partial charge on any atom is -0.429 e. The summed E-state index contributed by atoms with van der Waals surface area (Å²) in [7, 11) is 0. The highest BCUT2D eigenvalue weighted by atomic mass is 32.1. The van der Waals surface area contributed by atoms with Crippen LogP contribution in [-0.4, -0.2) is 5.16 Å². The number of thiocarbonyl (C=S) groups is 1. The highest BCUT2D eigenvalue weighted by Crippen LogP contribution is 2.42. The number of ether oxygens (including phenoxy) is 1. The standard InChI is InChI=1S/C37H33F6NOS/c1-2-3-4-5-23-6-8-24(9-7-23)27-19-34(40)36(35(41)20-27)37(42,43)45-29-15-17-31(33(39)21-29)26-12-16-30(32(38)18-26)25-10-13-28(14-11-25)44-22-46/h10-21,23-24H,2-9H2,1H3. The van der Waals surface area contributed by atoms with Crippen molar-refractivity contribution in [2.45, 2.75) is 70.3 Å². The van der Waals surface area contributed by atoms with Crippen LogP contribution >= 0.6 is 12.2 Å². The zero-order valence-electron chi connectivity index (χ0n) is 25.3. The number of halogens is 6. The number of hydrogen-bond donors (Lipinski definition) is 0. The normalized spacial score (nSPS) is 16.6. The molecule has 0 aromatic heterocycles. The second kappa shape index (κ2) is 14.7. The average molecular weight is 654 g/mol. The zero-order chi connectivity index (χ0) is 32.8. The van der Waals surface area contributed by atoms with E-state index in [0.29, 0.717) is 28.8 Å². The van der Waals surface area contributed by atoms with E-state index in [9.17, 15) is 0 Å². The van der Waals surface area contributed by atoms with Crippen molar-refractivity contribution in [2.75, 3.05) is 0 Å². The molecule has 0 unspecified atom stereocenters. The van der Waals surface area contributed by atoms with Gasteiger partial charge in [-0.15, -0.1) is 0 Å². The highest BCUT2D eigenvalue weighted by Gasteiger charge is 2.41. The molecule has 240 valence electrons. The van der Waals surface area contributed by atoms with Crippen molar-refractivity contribution in [1.29, 1.82) is 0 Å². The SMILES string of the molecule is CCCCCC1CCC(c2cc(F)c(C(F)(F)Oc3ccc(-c4ccc(-c5ccc(N=C=S)cc5)c(F)c4)c(F)c3)c(F)c2)CC1. The van der Waals surface area contributed by atoms with E-state index in [2.05, 4.69) is 34.0 Å². The van der Waals surface area contributed by atoms with Gasteiger partial charge in [0.1, 0.15) is 34.6 Å². The Kier molecular flexibility index (Phi) is 10.6. The summed E-state index contributed by atoms with van der Waals surface area (Å²) in [6.07, 6.45) is 3.59. The van der Waals surface area contributed by atoms with Crippen LogP contribution < -0.4 is 4.74 Å². The largest absolute Gasteiger partial charge is 0.432 e. The van der Waals surface area contributed by atoms with E-state index in [1.54, 1.807) is 24.3 Å². The first-order valence-electron chi connectivity index (χ1n) is 15.4. The third-order valence-corrected chi connectivity index (χ3v) is 8.80. The lowest BCUT2D eigenvalue weighted by Crippen LogP contribution is -2.26. The molecule has 0 heterocycles. The van der Waals surface area contributed by atoms with Crippen LogP contribution in [0.15, 0.2) is 77.8 Å². The smallest absolute Gasteiger partial charge is 0.429 e. The summed E-state index contributed by atoms with van der Waals surface area (Å²) >= 11 is 4.57. The van der Waals surface area contributed by atoms with Gasteiger partial charge in [0.05, 0.1) is 10.8 Å². The van der Waals surface area contributed by atoms with Crippen LogP contribution in [0.3, 0.4) is 0 Å². The van der Waals surface area contributed by atoms with Crippen molar-refractivity contribution in [3.8, 4) is 28.0 Å². The predicted octanol–water partition coefficient (Wildman–Crippen LogP) is 12.3.